The van der Waals surface area contributed by atoms with Crippen LogP contribution in [-0.4, -0.2) is 57.1 Å². The molecule has 0 radical (unpaired) electrons. The van der Waals surface area contributed by atoms with Crippen LogP contribution in [0.5, 0.6) is 5.75 Å². The highest BCUT2D eigenvalue weighted by molar-refractivity contribution is 7.92. The zero-order valence-corrected chi connectivity index (χ0v) is 22.9. The average molecular weight is 557 g/mol. The summed E-state index contributed by atoms with van der Waals surface area (Å²) in [5.41, 5.74) is 0.765. The van der Waals surface area contributed by atoms with E-state index in [1.54, 1.807) is 37.3 Å². The van der Waals surface area contributed by atoms with Gasteiger partial charge in [-0.2, -0.15) is 0 Å². The van der Waals surface area contributed by atoms with E-state index in [0.29, 0.717) is 10.6 Å². The van der Waals surface area contributed by atoms with Crippen LogP contribution in [0.25, 0.3) is 0 Å². The number of hydrogen-bond donors (Lipinski definition) is 1. The topological polar surface area (TPSA) is 96.0 Å². The van der Waals surface area contributed by atoms with E-state index in [2.05, 4.69) is 5.32 Å². The number of anilines is 1. The molecule has 0 bridgehead atoms. The maximum absolute atomic E-state index is 13.7. The number of hydrogen-bond acceptors (Lipinski definition) is 5. The number of carbonyl (C=O) groups is 2. The Morgan fingerprint density at radius 3 is 2.42 bits per heavy atom. The Morgan fingerprint density at radius 2 is 1.81 bits per heavy atom. The summed E-state index contributed by atoms with van der Waals surface area (Å²) in [5.74, 6) is -0.632. The van der Waals surface area contributed by atoms with Gasteiger partial charge in [-0.1, -0.05) is 54.2 Å². The van der Waals surface area contributed by atoms with Crippen molar-refractivity contribution < 1.29 is 22.7 Å². The molecule has 0 aromatic heterocycles. The predicted octanol–water partition coefficient (Wildman–Crippen LogP) is 4.24. The third kappa shape index (κ3) is 7.05. The van der Waals surface area contributed by atoms with E-state index in [1.807, 2.05) is 0 Å². The fraction of sp³-hybridized carbons (Fsp3) is 0.440. The molecule has 36 heavy (non-hydrogen) atoms. The normalized spacial score (nSPS) is 14.8. The lowest BCUT2D eigenvalue weighted by Crippen LogP contribution is -2.52. The second kappa shape index (κ2) is 12.2. The molecule has 1 N–H and O–H groups in total. The van der Waals surface area contributed by atoms with Crippen LogP contribution >= 0.6 is 23.2 Å². The number of rotatable bonds is 10. The van der Waals surface area contributed by atoms with Gasteiger partial charge in [-0.15, -0.1) is 0 Å². The summed E-state index contributed by atoms with van der Waals surface area (Å²) in [5, 5.41) is 3.74. The molecule has 3 rings (SSSR count). The van der Waals surface area contributed by atoms with Crippen LogP contribution in [-0.2, 0) is 26.2 Å². The number of nitrogens with one attached hydrogen (secondary N) is 1. The van der Waals surface area contributed by atoms with Crippen molar-refractivity contribution in [1.29, 1.82) is 0 Å². The first-order chi connectivity index (χ1) is 17.0. The summed E-state index contributed by atoms with van der Waals surface area (Å²) in [4.78, 5) is 28.1. The lowest BCUT2D eigenvalue weighted by atomic mass is 10.1. The molecule has 0 heterocycles. The van der Waals surface area contributed by atoms with Crippen molar-refractivity contribution in [3.8, 4) is 5.75 Å². The van der Waals surface area contributed by atoms with Crippen molar-refractivity contribution >= 4 is 50.7 Å². The van der Waals surface area contributed by atoms with E-state index in [0.717, 1.165) is 36.2 Å². The largest absolute Gasteiger partial charge is 0.495 e. The van der Waals surface area contributed by atoms with Gasteiger partial charge in [0.1, 0.15) is 18.3 Å². The minimum Gasteiger partial charge on any atom is -0.495 e. The van der Waals surface area contributed by atoms with Gasteiger partial charge in [-0.05, 0) is 49.6 Å². The van der Waals surface area contributed by atoms with Gasteiger partial charge >= 0.3 is 0 Å². The first-order valence-electron chi connectivity index (χ1n) is 11.7. The van der Waals surface area contributed by atoms with Gasteiger partial charge in [-0.25, -0.2) is 8.42 Å². The molecule has 196 valence electrons. The second-order valence-corrected chi connectivity index (χ2v) is 11.6. The van der Waals surface area contributed by atoms with E-state index in [4.69, 9.17) is 27.9 Å². The molecular formula is C25H31Cl2N3O5S. The highest BCUT2D eigenvalue weighted by Crippen LogP contribution is 2.33. The summed E-state index contributed by atoms with van der Waals surface area (Å²) >= 11 is 12.5. The molecule has 0 spiro atoms. The Kier molecular flexibility index (Phi) is 9.49. The standard InChI is InChI=1S/C25H31Cl2N3O5S/c1-17(25(32)28-20-9-5-6-10-20)29(15-18-8-4-7-11-21(18)27)24(31)16-30(36(3,33)34)22-14-19(26)12-13-23(22)35-2/h4,7-8,11-14,17,20H,5-6,9-10,15-16H2,1-3H3,(H,28,32)/t17-/m0/s1. The summed E-state index contributed by atoms with van der Waals surface area (Å²) in [6, 6.07) is 10.7. The quantitative estimate of drug-likeness (QED) is 0.472. The molecular weight excluding hydrogens is 525 g/mol. The Balaban J connectivity index is 1.94. The van der Waals surface area contributed by atoms with Crippen LogP contribution in [0.3, 0.4) is 0 Å². The lowest BCUT2D eigenvalue weighted by Gasteiger charge is -2.32. The van der Waals surface area contributed by atoms with E-state index in [9.17, 15) is 18.0 Å². The van der Waals surface area contributed by atoms with Crippen molar-refractivity contribution in [2.45, 2.75) is 51.2 Å². The number of benzene rings is 2. The van der Waals surface area contributed by atoms with Gasteiger partial charge in [0, 0.05) is 22.6 Å². The van der Waals surface area contributed by atoms with Crippen LogP contribution in [0.15, 0.2) is 42.5 Å². The molecule has 0 aliphatic heterocycles. The fourth-order valence-electron chi connectivity index (χ4n) is 4.24. The number of methoxy groups -OCH3 is 1. The molecule has 2 amide bonds. The number of carbonyl (C=O) groups excluding carboxylic acids is 2. The summed E-state index contributed by atoms with van der Waals surface area (Å²) in [6.45, 7) is 1.10. The maximum Gasteiger partial charge on any atom is 0.244 e. The first-order valence-corrected chi connectivity index (χ1v) is 14.3. The summed E-state index contributed by atoms with van der Waals surface area (Å²) < 4.78 is 31.8. The minimum absolute atomic E-state index is 0.0298. The van der Waals surface area contributed by atoms with E-state index in [1.165, 1.54) is 24.1 Å². The molecule has 1 saturated carbocycles. The Bertz CT molecular complexity index is 1200. The fourth-order valence-corrected chi connectivity index (χ4v) is 5.44. The average Bonchev–Trinajstić information content (AvgIpc) is 3.33. The SMILES string of the molecule is COc1ccc(Cl)cc1N(CC(=O)N(Cc1ccccc1Cl)[C@@H](C)C(=O)NC1CCCC1)S(C)(=O)=O. The number of halogens is 2. The Hall–Kier alpha value is -2.49. The third-order valence-corrected chi connectivity index (χ3v) is 7.99. The molecule has 8 nitrogen and oxygen atoms in total. The number of amides is 2. The van der Waals surface area contributed by atoms with Gasteiger partial charge < -0.3 is 15.0 Å². The molecule has 1 aliphatic carbocycles. The van der Waals surface area contributed by atoms with Crippen molar-refractivity contribution in [2.24, 2.45) is 0 Å². The molecule has 1 fully saturated rings. The van der Waals surface area contributed by atoms with Gasteiger partial charge in [-0.3, -0.25) is 13.9 Å². The summed E-state index contributed by atoms with van der Waals surface area (Å²) in [7, 11) is -2.52. The molecule has 0 unspecified atom stereocenters. The smallest absolute Gasteiger partial charge is 0.244 e. The first kappa shape index (κ1) is 28.1. The lowest BCUT2D eigenvalue weighted by molar-refractivity contribution is -0.139. The van der Waals surface area contributed by atoms with Crippen molar-refractivity contribution in [3.63, 3.8) is 0 Å². The van der Waals surface area contributed by atoms with Crippen LogP contribution in [0, 0.1) is 0 Å². The number of ether oxygens (including phenoxy) is 1. The Labute approximate surface area is 222 Å². The molecule has 1 aliphatic rings. The van der Waals surface area contributed by atoms with Gasteiger partial charge in [0.25, 0.3) is 0 Å². The van der Waals surface area contributed by atoms with Crippen LogP contribution in [0.2, 0.25) is 10.0 Å². The van der Waals surface area contributed by atoms with Crippen LogP contribution < -0.4 is 14.4 Å². The molecule has 2 aromatic carbocycles. The van der Waals surface area contributed by atoms with Crippen molar-refractivity contribution in [2.75, 3.05) is 24.2 Å². The molecule has 0 saturated heterocycles. The van der Waals surface area contributed by atoms with Gasteiger partial charge in [0.15, 0.2) is 0 Å². The Morgan fingerprint density at radius 1 is 1.14 bits per heavy atom. The highest BCUT2D eigenvalue weighted by Gasteiger charge is 2.32. The predicted molar refractivity (Wildman–Crippen MR) is 142 cm³/mol. The zero-order chi connectivity index (χ0) is 26.5. The van der Waals surface area contributed by atoms with Crippen molar-refractivity contribution in [3.05, 3.63) is 58.1 Å². The highest BCUT2D eigenvalue weighted by atomic mass is 35.5. The monoisotopic (exact) mass is 555 g/mol. The maximum atomic E-state index is 13.7. The van der Waals surface area contributed by atoms with E-state index < -0.39 is 28.5 Å². The second-order valence-electron chi connectivity index (χ2n) is 8.86. The van der Waals surface area contributed by atoms with Crippen LogP contribution in [0.4, 0.5) is 5.69 Å². The molecule has 2 aromatic rings. The third-order valence-electron chi connectivity index (χ3n) is 6.26. The molecule has 11 heteroatoms. The summed E-state index contributed by atoms with van der Waals surface area (Å²) in [6.07, 6.45) is 4.88. The number of nitrogens with zero attached hydrogens (tertiary/aromatic N) is 2. The number of sulfonamides is 1. The minimum atomic E-state index is -3.92. The molecule has 1 atom stereocenters. The van der Waals surface area contributed by atoms with Crippen LogP contribution in [0.1, 0.15) is 38.2 Å². The van der Waals surface area contributed by atoms with E-state index in [-0.39, 0.29) is 35.0 Å². The van der Waals surface area contributed by atoms with Crippen molar-refractivity contribution in [1.82, 2.24) is 10.2 Å². The van der Waals surface area contributed by atoms with Gasteiger partial charge in [0.05, 0.1) is 19.1 Å². The van der Waals surface area contributed by atoms with Gasteiger partial charge in [0.2, 0.25) is 21.8 Å². The van der Waals surface area contributed by atoms with E-state index >= 15 is 0 Å². The zero-order valence-electron chi connectivity index (χ0n) is 20.5.